The number of nitrogens with one attached hydrogen (secondary N) is 2. The molecular formula is C21H28ClN3O4. The van der Waals surface area contributed by atoms with Crippen LogP contribution in [-0.2, 0) is 9.59 Å². The van der Waals surface area contributed by atoms with Crippen molar-refractivity contribution in [1.29, 1.82) is 0 Å². The van der Waals surface area contributed by atoms with Crippen LogP contribution >= 0.6 is 12.4 Å². The summed E-state index contributed by atoms with van der Waals surface area (Å²) in [5.41, 5.74) is 0.729. The summed E-state index contributed by atoms with van der Waals surface area (Å²) >= 11 is 0. The molecule has 4 rings (SSSR count). The molecule has 1 aromatic rings. The van der Waals surface area contributed by atoms with Crippen LogP contribution in [0.1, 0.15) is 25.7 Å². The van der Waals surface area contributed by atoms with E-state index in [0.29, 0.717) is 37.1 Å². The average molecular weight is 422 g/mol. The van der Waals surface area contributed by atoms with Crippen molar-refractivity contribution in [3.8, 4) is 11.5 Å². The predicted octanol–water partition coefficient (Wildman–Crippen LogP) is 2.36. The van der Waals surface area contributed by atoms with E-state index in [1.807, 2.05) is 35.3 Å². The van der Waals surface area contributed by atoms with Gasteiger partial charge in [-0.25, -0.2) is 0 Å². The van der Waals surface area contributed by atoms with Gasteiger partial charge in [0, 0.05) is 37.8 Å². The lowest BCUT2D eigenvalue weighted by Crippen LogP contribution is -2.47. The fraction of sp³-hybridized carbons (Fsp3) is 0.524. The van der Waals surface area contributed by atoms with E-state index in [-0.39, 0.29) is 30.3 Å². The van der Waals surface area contributed by atoms with Crippen LogP contribution in [0.2, 0.25) is 0 Å². The molecule has 7 nitrogen and oxygen atoms in total. The summed E-state index contributed by atoms with van der Waals surface area (Å²) in [5, 5.41) is 6.12. The number of nitrogens with zero attached hydrogens (tertiary/aromatic N) is 1. The van der Waals surface area contributed by atoms with Crippen LogP contribution in [-0.4, -0.2) is 55.6 Å². The summed E-state index contributed by atoms with van der Waals surface area (Å²) in [7, 11) is 0. The van der Waals surface area contributed by atoms with E-state index in [0.717, 1.165) is 44.6 Å². The smallest absolute Gasteiger partial charge is 0.243 e. The molecule has 1 atom stereocenters. The maximum Gasteiger partial charge on any atom is 0.243 e. The summed E-state index contributed by atoms with van der Waals surface area (Å²) in [6.07, 6.45) is 7.19. The zero-order valence-electron chi connectivity index (χ0n) is 16.4. The van der Waals surface area contributed by atoms with Crippen LogP contribution in [0.25, 0.3) is 0 Å². The molecule has 3 heterocycles. The molecule has 0 saturated carbocycles. The molecule has 3 aliphatic rings. The Morgan fingerprint density at radius 2 is 1.90 bits per heavy atom. The van der Waals surface area contributed by atoms with E-state index in [4.69, 9.17) is 9.47 Å². The SMILES string of the molecule is Cl.O=C(CCC1CCN(C(=O)C2C=CCN2)CC1)Nc1ccc2c(c1)OCCO2. The van der Waals surface area contributed by atoms with Gasteiger partial charge in [0.15, 0.2) is 11.5 Å². The average Bonchev–Trinajstić information content (AvgIpc) is 3.27. The molecule has 3 aliphatic heterocycles. The highest BCUT2D eigenvalue weighted by Gasteiger charge is 2.28. The number of benzene rings is 1. The van der Waals surface area contributed by atoms with Gasteiger partial charge in [-0.05, 0) is 37.3 Å². The molecule has 0 spiro atoms. The fourth-order valence-electron chi connectivity index (χ4n) is 3.96. The molecule has 1 aromatic carbocycles. The first-order valence-corrected chi connectivity index (χ1v) is 10.1. The summed E-state index contributed by atoms with van der Waals surface area (Å²) in [6, 6.07) is 5.31. The summed E-state index contributed by atoms with van der Waals surface area (Å²) in [6.45, 7) is 3.40. The van der Waals surface area contributed by atoms with E-state index >= 15 is 0 Å². The Kier molecular flexibility index (Phi) is 7.39. The van der Waals surface area contributed by atoms with Gasteiger partial charge in [0.2, 0.25) is 11.8 Å². The fourth-order valence-corrected chi connectivity index (χ4v) is 3.96. The molecule has 158 valence electrons. The minimum atomic E-state index is -0.159. The third-order valence-corrected chi connectivity index (χ3v) is 5.58. The number of rotatable bonds is 5. The van der Waals surface area contributed by atoms with Crippen molar-refractivity contribution < 1.29 is 19.1 Å². The monoisotopic (exact) mass is 421 g/mol. The van der Waals surface area contributed by atoms with Gasteiger partial charge in [-0.3, -0.25) is 14.9 Å². The lowest BCUT2D eigenvalue weighted by molar-refractivity contribution is -0.133. The molecule has 1 unspecified atom stereocenters. The van der Waals surface area contributed by atoms with Crippen LogP contribution < -0.4 is 20.1 Å². The molecule has 29 heavy (non-hydrogen) atoms. The summed E-state index contributed by atoms with van der Waals surface area (Å²) in [5.74, 6) is 2.06. The third kappa shape index (κ3) is 5.42. The molecule has 2 amide bonds. The van der Waals surface area contributed by atoms with Crippen molar-refractivity contribution >= 4 is 29.9 Å². The first-order chi connectivity index (χ1) is 13.7. The molecule has 1 saturated heterocycles. The molecule has 1 fully saturated rings. The highest BCUT2D eigenvalue weighted by atomic mass is 35.5. The van der Waals surface area contributed by atoms with Gasteiger partial charge in [0.1, 0.15) is 19.3 Å². The molecule has 0 radical (unpaired) electrons. The Morgan fingerprint density at radius 3 is 2.62 bits per heavy atom. The van der Waals surface area contributed by atoms with Crippen LogP contribution in [0.3, 0.4) is 0 Å². The lowest BCUT2D eigenvalue weighted by atomic mass is 9.91. The van der Waals surface area contributed by atoms with Crippen molar-refractivity contribution in [3.05, 3.63) is 30.4 Å². The summed E-state index contributed by atoms with van der Waals surface area (Å²) < 4.78 is 11.0. The molecule has 8 heteroatoms. The number of halogens is 1. The first kappa shape index (κ1) is 21.5. The zero-order chi connectivity index (χ0) is 19.3. The second kappa shape index (κ2) is 9.98. The molecule has 2 N–H and O–H groups in total. The number of piperidine rings is 1. The van der Waals surface area contributed by atoms with Gasteiger partial charge in [0.05, 0.1) is 0 Å². The van der Waals surface area contributed by atoms with Crippen molar-refractivity contribution in [1.82, 2.24) is 10.2 Å². The molecule has 0 aliphatic carbocycles. The molecular weight excluding hydrogens is 394 g/mol. The van der Waals surface area contributed by atoms with Crippen LogP contribution in [0.5, 0.6) is 11.5 Å². The van der Waals surface area contributed by atoms with Crippen LogP contribution in [0, 0.1) is 5.92 Å². The largest absolute Gasteiger partial charge is 0.486 e. The molecule has 0 bridgehead atoms. The van der Waals surface area contributed by atoms with Crippen LogP contribution in [0.4, 0.5) is 5.69 Å². The number of carbonyl (C=O) groups is 2. The maximum absolute atomic E-state index is 12.4. The van der Waals surface area contributed by atoms with Gasteiger partial charge in [-0.15, -0.1) is 12.4 Å². The van der Waals surface area contributed by atoms with E-state index in [9.17, 15) is 9.59 Å². The van der Waals surface area contributed by atoms with Crippen molar-refractivity contribution in [3.63, 3.8) is 0 Å². The minimum Gasteiger partial charge on any atom is -0.486 e. The number of likely N-dealkylation sites (tertiary alicyclic amines) is 1. The Bertz CT molecular complexity index is 762. The number of hydrogen-bond donors (Lipinski definition) is 2. The highest BCUT2D eigenvalue weighted by molar-refractivity contribution is 5.91. The van der Waals surface area contributed by atoms with Gasteiger partial charge in [-0.1, -0.05) is 12.2 Å². The Hall–Kier alpha value is -2.25. The predicted molar refractivity (Wildman–Crippen MR) is 113 cm³/mol. The summed E-state index contributed by atoms with van der Waals surface area (Å²) in [4.78, 5) is 26.7. The standard InChI is InChI=1S/C21H27N3O4.ClH/c25-20(23-16-4-5-18-19(14-16)28-13-12-27-18)6-3-15-7-10-24(11-8-15)21(26)17-2-1-9-22-17;/h1-2,4-5,14-15,17,22H,3,6-13H2,(H,23,25);1H. The second-order valence-corrected chi connectivity index (χ2v) is 7.53. The van der Waals surface area contributed by atoms with Crippen molar-refractivity contribution in [2.45, 2.75) is 31.7 Å². The number of amides is 2. The third-order valence-electron chi connectivity index (χ3n) is 5.58. The van der Waals surface area contributed by atoms with Gasteiger partial charge in [0.25, 0.3) is 0 Å². The Labute approximate surface area is 177 Å². The maximum atomic E-state index is 12.4. The quantitative estimate of drug-likeness (QED) is 0.713. The second-order valence-electron chi connectivity index (χ2n) is 7.53. The minimum absolute atomic E-state index is 0. The zero-order valence-corrected chi connectivity index (χ0v) is 17.2. The van der Waals surface area contributed by atoms with Gasteiger partial charge >= 0.3 is 0 Å². The van der Waals surface area contributed by atoms with E-state index in [1.54, 1.807) is 0 Å². The first-order valence-electron chi connectivity index (χ1n) is 10.1. The van der Waals surface area contributed by atoms with E-state index < -0.39 is 0 Å². The highest BCUT2D eigenvalue weighted by Crippen LogP contribution is 2.32. The van der Waals surface area contributed by atoms with Gasteiger partial charge < -0.3 is 19.7 Å². The van der Waals surface area contributed by atoms with Gasteiger partial charge in [-0.2, -0.15) is 0 Å². The molecule has 0 aromatic heterocycles. The van der Waals surface area contributed by atoms with Crippen molar-refractivity contribution in [2.24, 2.45) is 5.92 Å². The lowest BCUT2D eigenvalue weighted by Gasteiger charge is -2.33. The number of anilines is 1. The van der Waals surface area contributed by atoms with Crippen LogP contribution in [0.15, 0.2) is 30.4 Å². The van der Waals surface area contributed by atoms with Crippen molar-refractivity contribution in [2.75, 3.05) is 38.2 Å². The number of hydrogen-bond acceptors (Lipinski definition) is 5. The number of fused-ring (bicyclic) bond motifs is 1. The Morgan fingerprint density at radius 1 is 1.14 bits per heavy atom. The Balaban J connectivity index is 0.00000240. The normalized spacial score (nSPS) is 20.8. The number of ether oxygens (including phenoxy) is 2. The van der Waals surface area contributed by atoms with E-state index in [1.165, 1.54) is 0 Å². The topological polar surface area (TPSA) is 79.9 Å². The van der Waals surface area contributed by atoms with E-state index in [2.05, 4.69) is 10.6 Å². The number of carbonyl (C=O) groups excluding carboxylic acids is 2.